The fraction of sp³-hybridized carbons (Fsp3) is 0.667. The van der Waals surface area contributed by atoms with E-state index < -0.39 is 0 Å². The summed E-state index contributed by atoms with van der Waals surface area (Å²) in [6.07, 6.45) is 8.62. The average molecular weight is 426 g/mol. The average Bonchev–Trinajstić information content (AvgIpc) is 3.20. The summed E-state index contributed by atoms with van der Waals surface area (Å²) in [7, 11) is 0. The second kappa shape index (κ2) is 9.90. The van der Waals surface area contributed by atoms with Gasteiger partial charge in [-0.1, -0.05) is 12.1 Å². The van der Waals surface area contributed by atoms with Crippen LogP contribution in [-0.4, -0.2) is 52.1 Å². The first-order chi connectivity index (χ1) is 15.0. The highest BCUT2D eigenvalue weighted by molar-refractivity contribution is 5.78. The van der Waals surface area contributed by atoms with Crippen LogP contribution in [0.1, 0.15) is 68.6 Å². The van der Waals surface area contributed by atoms with Gasteiger partial charge in [0, 0.05) is 24.7 Å². The minimum absolute atomic E-state index is 0.172. The second-order valence-corrected chi connectivity index (χ2v) is 9.53. The van der Waals surface area contributed by atoms with E-state index in [0.29, 0.717) is 18.4 Å². The molecule has 2 aliphatic rings. The van der Waals surface area contributed by atoms with E-state index in [1.165, 1.54) is 12.8 Å². The minimum Gasteiger partial charge on any atom is -0.356 e. The van der Waals surface area contributed by atoms with Crippen molar-refractivity contribution in [2.24, 2.45) is 11.8 Å². The quantitative estimate of drug-likeness (QED) is 0.756. The molecule has 0 radical (unpaired) electrons. The summed E-state index contributed by atoms with van der Waals surface area (Å²) < 4.78 is 5.49. The molecule has 0 aromatic carbocycles. The van der Waals surface area contributed by atoms with Gasteiger partial charge >= 0.3 is 0 Å². The molecule has 0 atom stereocenters. The third-order valence-corrected chi connectivity index (χ3v) is 6.90. The SMILES string of the molecule is Cc1cc(-c2cnc(C)nc2C2CCC(CNC(=O)CN3CCC(C)CC3)CC2)on1. The molecule has 3 heterocycles. The molecule has 31 heavy (non-hydrogen) atoms. The lowest BCUT2D eigenvalue weighted by Gasteiger charge is -2.31. The van der Waals surface area contributed by atoms with Crippen LogP contribution < -0.4 is 5.32 Å². The van der Waals surface area contributed by atoms with Crippen molar-refractivity contribution >= 4 is 5.91 Å². The Morgan fingerprint density at radius 1 is 1.16 bits per heavy atom. The van der Waals surface area contributed by atoms with E-state index in [0.717, 1.165) is 79.8 Å². The largest absolute Gasteiger partial charge is 0.356 e. The van der Waals surface area contributed by atoms with Gasteiger partial charge in [-0.3, -0.25) is 9.69 Å². The van der Waals surface area contributed by atoms with Gasteiger partial charge in [-0.25, -0.2) is 9.97 Å². The van der Waals surface area contributed by atoms with Crippen LogP contribution in [0.2, 0.25) is 0 Å². The molecule has 1 saturated carbocycles. The maximum absolute atomic E-state index is 12.4. The molecule has 7 nitrogen and oxygen atoms in total. The summed E-state index contributed by atoms with van der Waals surface area (Å²) in [6.45, 7) is 9.58. The van der Waals surface area contributed by atoms with Gasteiger partial charge in [0.2, 0.25) is 5.91 Å². The number of nitrogens with zero attached hydrogens (tertiary/aromatic N) is 4. The molecule has 0 bridgehead atoms. The van der Waals surface area contributed by atoms with E-state index in [1.54, 1.807) is 0 Å². The number of amides is 1. The van der Waals surface area contributed by atoms with Crippen LogP contribution in [0, 0.1) is 25.7 Å². The minimum atomic E-state index is 0.172. The summed E-state index contributed by atoms with van der Waals surface area (Å²) in [5.41, 5.74) is 2.89. The standard InChI is InChI=1S/C24H35N5O2/c1-16-8-10-29(11-9-16)15-23(30)26-13-19-4-6-20(7-5-19)24-21(14-25-18(3)27-24)22-12-17(2)28-31-22/h12,14,16,19-20H,4-11,13,15H2,1-3H3,(H,26,30). The highest BCUT2D eigenvalue weighted by Gasteiger charge is 2.27. The van der Waals surface area contributed by atoms with Crippen LogP contribution in [0.5, 0.6) is 0 Å². The summed E-state index contributed by atoms with van der Waals surface area (Å²) in [5.74, 6) is 3.43. The van der Waals surface area contributed by atoms with Crippen molar-refractivity contribution in [3.63, 3.8) is 0 Å². The van der Waals surface area contributed by atoms with Crippen molar-refractivity contribution in [2.75, 3.05) is 26.2 Å². The lowest BCUT2D eigenvalue weighted by atomic mass is 9.79. The van der Waals surface area contributed by atoms with Crippen LogP contribution in [0.15, 0.2) is 16.8 Å². The van der Waals surface area contributed by atoms with E-state index in [-0.39, 0.29) is 5.91 Å². The number of carbonyl (C=O) groups is 1. The summed E-state index contributed by atoms with van der Waals surface area (Å²) in [6, 6.07) is 1.95. The van der Waals surface area contributed by atoms with Gasteiger partial charge in [0.25, 0.3) is 0 Å². The summed E-state index contributed by atoms with van der Waals surface area (Å²) in [5, 5.41) is 7.21. The number of nitrogens with one attached hydrogen (secondary N) is 1. The topological polar surface area (TPSA) is 84.2 Å². The monoisotopic (exact) mass is 425 g/mol. The number of hydrogen-bond acceptors (Lipinski definition) is 6. The first-order valence-electron chi connectivity index (χ1n) is 11.7. The predicted molar refractivity (Wildman–Crippen MR) is 120 cm³/mol. The van der Waals surface area contributed by atoms with Crippen molar-refractivity contribution in [2.45, 2.75) is 65.2 Å². The van der Waals surface area contributed by atoms with Crippen molar-refractivity contribution in [3.8, 4) is 11.3 Å². The number of likely N-dealkylation sites (tertiary alicyclic amines) is 1. The Bertz CT molecular complexity index is 880. The molecule has 1 amide bonds. The molecule has 0 unspecified atom stereocenters. The first-order valence-corrected chi connectivity index (χ1v) is 11.7. The summed E-state index contributed by atoms with van der Waals surface area (Å²) in [4.78, 5) is 23.8. The van der Waals surface area contributed by atoms with Crippen LogP contribution in [0.25, 0.3) is 11.3 Å². The maximum Gasteiger partial charge on any atom is 0.234 e. The number of rotatable bonds is 6. The summed E-state index contributed by atoms with van der Waals surface area (Å²) >= 11 is 0. The molecular formula is C24H35N5O2. The van der Waals surface area contributed by atoms with Gasteiger partial charge in [-0.15, -0.1) is 0 Å². The molecule has 1 aliphatic carbocycles. The number of piperidine rings is 1. The fourth-order valence-corrected chi connectivity index (χ4v) is 4.86. The van der Waals surface area contributed by atoms with Crippen LogP contribution in [0.4, 0.5) is 0 Å². The molecule has 2 aromatic heterocycles. The molecule has 1 aliphatic heterocycles. The van der Waals surface area contributed by atoms with Gasteiger partial charge in [0.05, 0.1) is 23.5 Å². The van der Waals surface area contributed by atoms with Gasteiger partial charge < -0.3 is 9.84 Å². The molecular weight excluding hydrogens is 390 g/mol. The Kier molecular flexibility index (Phi) is 7.00. The third kappa shape index (κ3) is 5.70. The highest BCUT2D eigenvalue weighted by atomic mass is 16.5. The molecule has 1 saturated heterocycles. The van der Waals surface area contributed by atoms with Gasteiger partial charge in [0.15, 0.2) is 5.76 Å². The fourth-order valence-electron chi connectivity index (χ4n) is 4.86. The zero-order chi connectivity index (χ0) is 21.8. The number of aryl methyl sites for hydroxylation is 2. The molecule has 1 N–H and O–H groups in total. The Morgan fingerprint density at radius 2 is 1.90 bits per heavy atom. The lowest BCUT2D eigenvalue weighted by molar-refractivity contribution is -0.122. The van der Waals surface area contributed by atoms with Crippen molar-refractivity contribution in [1.29, 1.82) is 0 Å². The predicted octanol–water partition coefficient (Wildman–Crippen LogP) is 3.87. The smallest absolute Gasteiger partial charge is 0.234 e. The van der Waals surface area contributed by atoms with Gasteiger partial charge in [0.1, 0.15) is 5.82 Å². The Labute approximate surface area is 185 Å². The zero-order valence-corrected chi connectivity index (χ0v) is 19.1. The normalized spacial score (nSPS) is 23.1. The van der Waals surface area contributed by atoms with Gasteiger partial charge in [-0.2, -0.15) is 0 Å². The van der Waals surface area contributed by atoms with Crippen molar-refractivity contribution in [3.05, 3.63) is 29.5 Å². The van der Waals surface area contributed by atoms with Crippen LogP contribution in [-0.2, 0) is 4.79 Å². The van der Waals surface area contributed by atoms with E-state index in [4.69, 9.17) is 9.51 Å². The Balaban J connectivity index is 1.28. The molecule has 4 rings (SSSR count). The highest BCUT2D eigenvalue weighted by Crippen LogP contribution is 2.38. The van der Waals surface area contributed by atoms with Crippen LogP contribution >= 0.6 is 0 Å². The number of carbonyl (C=O) groups excluding carboxylic acids is 1. The molecule has 2 fully saturated rings. The van der Waals surface area contributed by atoms with Crippen molar-refractivity contribution in [1.82, 2.24) is 25.3 Å². The van der Waals surface area contributed by atoms with E-state index in [2.05, 4.69) is 27.3 Å². The first kappa shape index (κ1) is 21.9. The second-order valence-electron chi connectivity index (χ2n) is 9.53. The van der Waals surface area contributed by atoms with Crippen molar-refractivity contribution < 1.29 is 9.32 Å². The van der Waals surface area contributed by atoms with Gasteiger partial charge in [-0.05, 0) is 77.3 Å². The van der Waals surface area contributed by atoms with E-state index >= 15 is 0 Å². The lowest BCUT2D eigenvalue weighted by Crippen LogP contribution is -2.42. The Morgan fingerprint density at radius 3 is 2.58 bits per heavy atom. The maximum atomic E-state index is 12.4. The molecule has 7 heteroatoms. The number of aromatic nitrogens is 3. The van der Waals surface area contributed by atoms with E-state index in [1.807, 2.05) is 26.1 Å². The molecule has 2 aromatic rings. The molecule has 0 spiro atoms. The van der Waals surface area contributed by atoms with Crippen LogP contribution in [0.3, 0.4) is 0 Å². The number of hydrogen-bond donors (Lipinski definition) is 1. The van der Waals surface area contributed by atoms with E-state index in [9.17, 15) is 4.79 Å². The Hall–Kier alpha value is -2.28. The zero-order valence-electron chi connectivity index (χ0n) is 19.1. The third-order valence-electron chi connectivity index (χ3n) is 6.90. The molecule has 168 valence electrons.